The molecule has 0 amide bonds. The Kier molecular flexibility index (Phi) is 3.72. The number of para-hydroxylation sites is 1. The first-order valence-electron chi connectivity index (χ1n) is 5.98. The SMILES string of the molecule is COc1ccccc1CC(O)c1cc(C)oc1C. The van der Waals surface area contributed by atoms with Gasteiger partial charge in [-0.15, -0.1) is 0 Å². The smallest absolute Gasteiger partial charge is 0.122 e. The van der Waals surface area contributed by atoms with Crippen molar-refractivity contribution >= 4 is 0 Å². The molecule has 1 aromatic carbocycles. The van der Waals surface area contributed by atoms with Crippen molar-refractivity contribution in [3.8, 4) is 5.75 Å². The molecule has 0 aliphatic carbocycles. The predicted octanol–water partition coefficient (Wildman–Crippen LogP) is 3.18. The lowest BCUT2D eigenvalue weighted by atomic mass is 10.0. The van der Waals surface area contributed by atoms with Crippen LogP contribution in [0.5, 0.6) is 5.75 Å². The monoisotopic (exact) mass is 246 g/mol. The van der Waals surface area contributed by atoms with Crippen LogP contribution < -0.4 is 4.74 Å². The third kappa shape index (κ3) is 2.57. The number of hydrogen-bond donors (Lipinski definition) is 1. The van der Waals surface area contributed by atoms with Crippen LogP contribution in [-0.4, -0.2) is 12.2 Å². The third-order valence-corrected chi connectivity index (χ3v) is 3.04. The maximum atomic E-state index is 10.3. The molecular weight excluding hydrogens is 228 g/mol. The summed E-state index contributed by atoms with van der Waals surface area (Å²) in [5, 5.41) is 10.3. The number of methoxy groups -OCH3 is 1. The Balaban J connectivity index is 2.21. The van der Waals surface area contributed by atoms with Gasteiger partial charge in [-0.1, -0.05) is 18.2 Å². The summed E-state index contributed by atoms with van der Waals surface area (Å²) in [5.41, 5.74) is 1.84. The van der Waals surface area contributed by atoms with Crippen LogP contribution in [0.4, 0.5) is 0 Å². The zero-order valence-corrected chi connectivity index (χ0v) is 10.9. The van der Waals surface area contributed by atoms with E-state index in [4.69, 9.17) is 9.15 Å². The molecule has 3 heteroatoms. The highest BCUT2D eigenvalue weighted by molar-refractivity contribution is 5.35. The number of ether oxygens (including phenoxy) is 1. The van der Waals surface area contributed by atoms with Crippen molar-refractivity contribution < 1.29 is 14.3 Å². The lowest BCUT2D eigenvalue weighted by molar-refractivity contribution is 0.175. The molecular formula is C15H18O3. The van der Waals surface area contributed by atoms with Crippen LogP contribution in [0.2, 0.25) is 0 Å². The molecule has 18 heavy (non-hydrogen) atoms. The van der Waals surface area contributed by atoms with Crippen LogP contribution >= 0.6 is 0 Å². The summed E-state index contributed by atoms with van der Waals surface area (Å²) in [6, 6.07) is 9.61. The minimum atomic E-state index is -0.571. The van der Waals surface area contributed by atoms with E-state index in [-0.39, 0.29) is 0 Å². The molecule has 0 bridgehead atoms. The van der Waals surface area contributed by atoms with Crippen molar-refractivity contribution in [3.63, 3.8) is 0 Å². The summed E-state index contributed by atoms with van der Waals surface area (Å²) in [5.74, 6) is 2.39. The zero-order chi connectivity index (χ0) is 13.1. The van der Waals surface area contributed by atoms with Gasteiger partial charge in [-0.3, -0.25) is 0 Å². The molecule has 1 heterocycles. The number of rotatable bonds is 4. The first kappa shape index (κ1) is 12.7. The van der Waals surface area contributed by atoms with E-state index in [0.29, 0.717) is 6.42 Å². The minimum absolute atomic E-state index is 0.518. The molecule has 0 saturated heterocycles. The molecule has 0 spiro atoms. The molecule has 1 atom stereocenters. The van der Waals surface area contributed by atoms with E-state index in [0.717, 1.165) is 28.4 Å². The highest BCUT2D eigenvalue weighted by Gasteiger charge is 2.16. The zero-order valence-electron chi connectivity index (χ0n) is 10.9. The van der Waals surface area contributed by atoms with Gasteiger partial charge in [0.1, 0.15) is 17.3 Å². The number of benzene rings is 1. The summed E-state index contributed by atoms with van der Waals surface area (Å²) >= 11 is 0. The fourth-order valence-corrected chi connectivity index (χ4v) is 2.17. The summed E-state index contributed by atoms with van der Waals surface area (Å²) in [6.07, 6.45) is -0.0529. The molecule has 2 aromatic rings. The number of aryl methyl sites for hydroxylation is 2. The van der Waals surface area contributed by atoms with Gasteiger partial charge in [0.15, 0.2) is 0 Å². The predicted molar refractivity (Wildman–Crippen MR) is 69.8 cm³/mol. The highest BCUT2D eigenvalue weighted by Crippen LogP contribution is 2.28. The van der Waals surface area contributed by atoms with E-state index in [1.807, 2.05) is 44.2 Å². The van der Waals surface area contributed by atoms with E-state index in [1.165, 1.54) is 0 Å². The van der Waals surface area contributed by atoms with Crippen molar-refractivity contribution in [2.45, 2.75) is 26.4 Å². The summed E-state index contributed by atoms with van der Waals surface area (Å²) in [4.78, 5) is 0. The molecule has 1 aromatic heterocycles. The van der Waals surface area contributed by atoms with Crippen molar-refractivity contribution in [2.24, 2.45) is 0 Å². The number of aliphatic hydroxyl groups is 1. The molecule has 3 nitrogen and oxygen atoms in total. The van der Waals surface area contributed by atoms with Crippen molar-refractivity contribution in [1.29, 1.82) is 0 Å². The topological polar surface area (TPSA) is 42.6 Å². The van der Waals surface area contributed by atoms with Gasteiger partial charge < -0.3 is 14.3 Å². The van der Waals surface area contributed by atoms with E-state index >= 15 is 0 Å². The quantitative estimate of drug-likeness (QED) is 0.901. The van der Waals surface area contributed by atoms with Crippen LogP contribution in [0.3, 0.4) is 0 Å². The average molecular weight is 246 g/mol. The molecule has 96 valence electrons. The summed E-state index contributed by atoms with van der Waals surface area (Å²) < 4.78 is 10.7. The van der Waals surface area contributed by atoms with E-state index in [1.54, 1.807) is 7.11 Å². The van der Waals surface area contributed by atoms with Gasteiger partial charge >= 0.3 is 0 Å². The van der Waals surface area contributed by atoms with Crippen LogP contribution in [0.25, 0.3) is 0 Å². The molecule has 1 unspecified atom stereocenters. The minimum Gasteiger partial charge on any atom is -0.496 e. The Bertz CT molecular complexity index is 528. The van der Waals surface area contributed by atoms with Crippen LogP contribution in [0, 0.1) is 13.8 Å². The first-order chi connectivity index (χ1) is 8.61. The summed E-state index contributed by atoms with van der Waals surface area (Å²) in [6.45, 7) is 3.75. The largest absolute Gasteiger partial charge is 0.496 e. The van der Waals surface area contributed by atoms with Gasteiger partial charge in [-0.05, 0) is 31.5 Å². The molecule has 0 saturated carbocycles. The Morgan fingerprint density at radius 3 is 2.61 bits per heavy atom. The van der Waals surface area contributed by atoms with Gasteiger partial charge in [-0.25, -0.2) is 0 Å². The number of aliphatic hydroxyl groups excluding tert-OH is 1. The average Bonchev–Trinajstić information content (AvgIpc) is 2.69. The Hall–Kier alpha value is -1.74. The maximum absolute atomic E-state index is 10.3. The molecule has 1 N–H and O–H groups in total. The third-order valence-electron chi connectivity index (χ3n) is 3.04. The van der Waals surface area contributed by atoms with E-state index < -0.39 is 6.10 Å². The van der Waals surface area contributed by atoms with Gasteiger partial charge in [0, 0.05) is 12.0 Å². The number of hydrogen-bond acceptors (Lipinski definition) is 3. The van der Waals surface area contributed by atoms with E-state index in [2.05, 4.69) is 0 Å². The van der Waals surface area contributed by atoms with Crippen molar-refractivity contribution in [3.05, 3.63) is 53.0 Å². The lowest BCUT2D eigenvalue weighted by Crippen LogP contribution is -2.03. The van der Waals surface area contributed by atoms with Gasteiger partial charge in [-0.2, -0.15) is 0 Å². The maximum Gasteiger partial charge on any atom is 0.122 e. The molecule has 0 aliphatic rings. The second-order valence-electron chi connectivity index (χ2n) is 4.40. The number of furan rings is 1. The first-order valence-corrected chi connectivity index (χ1v) is 5.98. The fraction of sp³-hybridized carbons (Fsp3) is 0.333. The van der Waals surface area contributed by atoms with Gasteiger partial charge in [0.05, 0.1) is 13.2 Å². The molecule has 0 fully saturated rings. The molecule has 0 aliphatic heterocycles. The molecule has 0 radical (unpaired) electrons. The Morgan fingerprint density at radius 1 is 1.28 bits per heavy atom. The van der Waals surface area contributed by atoms with Crippen LogP contribution in [0.15, 0.2) is 34.7 Å². The second-order valence-corrected chi connectivity index (χ2v) is 4.40. The van der Waals surface area contributed by atoms with Crippen molar-refractivity contribution in [1.82, 2.24) is 0 Å². The second kappa shape index (κ2) is 5.27. The lowest BCUT2D eigenvalue weighted by Gasteiger charge is -2.12. The van der Waals surface area contributed by atoms with Crippen LogP contribution in [0.1, 0.15) is 28.8 Å². The van der Waals surface area contributed by atoms with E-state index in [9.17, 15) is 5.11 Å². The van der Waals surface area contributed by atoms with Crippen molar-refractivity contribution in [2.75, 3.05) is 7.11 Å². The Morgan fingerprint density at radius 2 is 2.00 bits per heavy atom. The Labute approximate surface area is 107 Å². The summed E-state index contributed by atoms with van der Waals surface area (Å²) in [7, 11) is 1.64. The van der Waals surface area contributed by atoms with Crippen LogP contribution in [-0.2, 0) is 6.42 Å². The highest BCUT2D eigenvalue weighted by atomic mass is 16.5. The normalized spacial score (nSPS) is 12.4. The van der Waals surface area contributed by atoms with Gasteiger partial charge in [0.25, 0.3) is 0 Å². The standard InChI is InChI=1S/C15H18O3/c1-10-8-13(11(2)18-10)14(16)9-12-6-4-5-7-15(12)17-3/h4-8,14,16H,9H2,1-3H3. The molecule has 2 rings (SSSR count). The van der Waals surface area contributed by atoms with Gasteiger partial charge in [0.2, 0.25) is 0 Å². The fourth-order valence-electron chi connectivity index (χ4n) is 2.17.